The fourth-order valence-corrected chi connectivity index (χ4v) is 3.22. The Labute approximate surface area is 113 Å². The maximum absolute atomic E-state index is 13.3. The molecule has 1 saturated carbocycles. The van der Waals surface area contributed by atoms with E-state index < -0.39 is 42.5 Å². The quantitative estimate of drug-likeness (QED) is 0.730. The van der Waals surface area contributed by atoms with E-state index >= 15 is 0 Å². The summed E-state index contributed by atoms with van der Waals surface area (Å²) in [5.74, 6) is -2.20. The molecule has 1 amide bonds. The molecule has 3 rings (SSSR count). The number of hydrogen-bond acceptors (Lipinski definition) is 5. The summed E-state index contributed by atoms with van der Waals surface area (Å²) in [5.41, 5.74) is -1.02. The number of epoxide rings is 1. The van der Waals surface area contributed by atoms with Crippen LogP contribution in [0.3, 0.4) is 0 Å². The van der Waals surface area contributed by atoms with Crippen molar-refractivity contribution in [1.29, 1.82) is 0 Å². The first-order valence-electron chi connectivity index (χ1n) is 6.24. The van der Waals surface area contributed by atoms with Gasteiger partial charge in [0.05, 0.1) is 23.9 Å². The number of carbonyl (C=O) groups excluding carboxylic acids is 1. The van der Waals surface area contributed by atoms with Gasteiger partial charge in [0.25, 0.3) is 6.29 Å². The van der Waals surface area contributed by atoms with Crippen LogP contribution < -0.4 is 5.32 Å². The van der Waals surface area contributed by atoms with Crippen molar-refractivity contribution in [3.63, 3.8) is 0 Å². The van der Waals surface area contributed by atoms with Crippen LogP contribution in [0.2, 0.25) is 0 Å². The van der Waals surface area contributed by atoms with Crippen molar-refractivity contribution < 1.29 is 33.3 Å². The van der Waals surface area contributed by atoms with Crippen LogP contribution in [0.1, 0.15) is 6.42 Å². The fourth-order valence-electron chi connectivity index (χ4n) is 3.22. The van der Waals surface area contributed by atoms with E-state index in [4.69, 9.17) is 19.3 Å². The highest BCUT2D eigenvalue weighted by atomic mass is 19.1. The van der Waals surface area contributed by atoms with Gasteiger partial charge in [-0.1, -0.05) is 0 Å². The number of carbonyl (C=O) groups is 2. The molecule has 0 unspecified atom stereocenters. The van der Waals surface area contributed by atoms with Crippen molar-refractivity contribution in [3.05, 3.63) is 11.8 Å². The molecule has 7 nitrogen and oxygen atoms in total. The van der Waals surface area contributed by atoms with Crippen molar-refractivity contribution in [2.75, 3.05) is 13.7 Å². The predicted octanol–water partition coefficient (Wildman–Crippen LogP) is 0.410. The largest absolute Gasteiger partial charge is 0.478 e. The smallest absolute Gasteiger partial charge is 0.409 e. The molecular formula is C12H14FNO6. The van der Waals surface area contributed by atoms with Crippen molar-refractivity contribution in [3.8, 4) is 0 Å². The molecular weight excluding hydrogens is 273 g/mol. The van der Waals surface area contributed by atoms with Gasteiger partial charge in [0.1, 0.15) is 12.3 Å². The number of nitrogens with one attached hydrogen (secondary N) is 1. The zero-order valence-corrected chi connectivity index (χ0v) is 10.7. The van der Waals surface area contributed by atoms with Gasteiger partial charge in [-0.05, 0) is 6.42 Å². The molecule has 2 N–H and O–H groups in total. The van der Waals surface area contributed by atoms with Crippen LogP contribution in [-0.4, -0.2) is 48.9 Å². The summed E-state index contributed by atoms with van der Waals surface area (Å²) in [6.45, 7) is -0.761. The lowest BCUT2D eigenvalue weighted by atomic mass is 9.82. The molecule has 5 atom stereocenters. The van der Waals surface area contributed by atoms with Crippen molar-refractivity contribution in [2.45, 2.75) is 24.4 Å². The van der Waals surface area contributed by atoms with Gasteiger partial charge in [-0.25, -0.2) is 14.0 Å². The molecule has 0 aromatic heterocycles. The maximum atomic E-state index is 13.3. The summed E-state index contributed by atoms with van der Waals surface area (Å²) in [6, 6.07) is 0. The third kappa shape index (κ3) is 1.67. The fraction of sp³-hybridized carbons (Fsp3) is 0.667. The van der Waals surface area contributed by atoms with Crippen LogP contribution in [0.4, 0.5) is 9.18 Å². The van der Waals surface area contributed by atoms with E-state index in [1.165, 1.54) is 7.05 Å². The van der Waals surface area contributed by atoms with Gasteiger partial charge < -0.3 is 24.6 Å². The van der Waals surface area contributed by atoms with E-state index in [0.717, 1.165) is 6.26 Å². The van der Waals surface area contributed by atoms with Gasteiger partial charge in [-0.15, -0.1) is 0 Å². The lowest BCUT2D eigenvalue weighted by Gasteiger charge is -2.35. The molecule has 2 aliphatic heterocycles. The Balaban J connectivity index is 1.89. The van der Waals surface area contributed by atoms with E-state index in [-0.39, 0.29) is 11.7 Å². The number of amides is 1. The first-order chi connectivity index (χ1) is 9.53. The van der Waals surface area contributed by atoms with Gasteiger partial charge in [0.15, 0.2) is 0 Å². The SMILES string of the molecule is CNC(=O)O[C@@H]1OC=C(C(=O)O)[C@H]2C[C@@H]3O[C@]3(CF)[C@H]12. The van der Waals surface area contributed by atoms with Crippen LogP contribution >= 0.6 is 0 Å². The van der Waals surface area contributed by atoms with Crippen molar-refractivity contribution in [1.82, 2.24) is 5.32 Å². The second kappa shape index (κ2) is 4.34. The standard InChI is InChI=1S/C12H14FNO6/c1-14-11(17)19-10-8-5(6(3-18-10)9(15)16)2-7-12(8,4-13)20-7/h3,5,7-8,10H,2,4H2,1H3,(H,14,17)(H,15,16)/t5-,7+,8+,10+,12+/m1/s1. The van der Waals surface area contributed by atoms with Crippen LogP contribution in [0.5, 0.6) is 0 Å². The number of carboxylic acids is 1. The molecule has 0 aromatic carbocycles. The van der Waals surface area contributed by atoms with Gasteiger partial charge in [-0.2, -0.15) is 0 Å². The molecule has 1 aliphatic carbocycles. The topological polar surface area (TPSA) is 97.4 Å². The number of carboxylic acid groups (broad SMARTS) is 1. The predicted molar refractivity (Wildman–Crippen MR) is 61.3 cm³/mol. The number of ether oxygens (including phenoxy) is 3. The van der Waals surface area contributed by atoms with E-state index in [1.54, 1.807) is 0 Å². The van der Waals surface area contributed by atoms with E-state index in [0.29, 0.717) is 6.42 Å². The van der Waals surface area contributed by atoms with Crippen molar-refractivity contribution >= 4 is 12.1 Å². The molecule has 0 aromatic rings. The summed E-state index contributed by atoms with van der Waals surface area (Å²) in [4.78, 5) is 22.5. The number of halogens is 1. The molecule has 0 radical (unpaired) electrons. The monoisotopic (exact) mass is 287 g/mol. The summed E-state index contributed by atoms with van der Waals surface area (Å²) in [6.07, 6.45) is -0.648. The average Bonchev–Trinajstić information content (AvgIpc) is 3.04. The highest BCUT2D eigenvalue weighted by molar-refractivity contribution is 5.87. The van der Waals surface area contributed by atoms with E-state index in [9.17, 15) is 14.0 Å². The van der Waals surface area contributed by atoms with Gasteiger partial charge in [0.2, 0.25) is 0 Å². The molecule has 1 saturated heterocycles. The molecule has 20 heavy (non-hydrogen) atoms. The van der Waals surface area contributed by atoms with Gasteiger partial charge in [0, 0.05) is 13.0 Å². The number of alkyl halides is 1. The Bertz CT molecular complexity index is 490. The van der Waals surface area contributed by atoms with Gasteiger partial charge >= 0.3 is 12.1 Å². The Morgan fingerprint density at radius 1 is 1.65 bits per heavy atom. The van der Waals surface area contributed by atoms with Crippen LogP contribution in [-0.2, 0) is 19.0 Å². The molecule has 8 heteroatoms. The minimum absolute atomic E-state index is 0.0652. The van der Waals surface area contributed by atoms with Crippen LogP contribution in [0.15, 0.2) is 11.8 Å². The first-order valence-corrected chi connectivity index (χ1v) is 6.24. The highest BCUT2D eigenvalue weighted by Gasteiger charge is 2.73. The lowest BCUT2D eigenvalue weighted by Crippen LogP contribution is -2.46. The molecule has 0 spiro atoms. The lowest BCUT2D eigenvalue weighted by molar-refractivity contribution is -0.150. The molecule has 2 fully saturated rings. The van der Waals surface area contributed by atoms with Crippen LogP contribution in [0.25, 0.3) is 0 Å². The number of rotatable bonds is 3. The summed E-state index contributed by atoms with van der Waals surface area (Å²) in [5, 5.41) is 11.4. The molecule has 110 valence electrons. The summed E-state index contributed by atoms with van der Waals surface area (Å²) in [7, 11) is 1.39. The number of aliphatic carboxylic acids is 1. The Hall–Kier alpha value is -1.83. The number of alkyl carbamates (subject to hydrolysis) is 1. The molecule has 0 bridgehead atoms. The second-order valence-corrected chi connectivity index (χ2v) is 5.10. The van der Waals surface area contributed by atoms with Crippen LogP contribution in [0, 0.1) is 11.8 Å². The summed E-state index contributed by atoms with van der Waals surface area (Å²) >= 11 is 0. The Morgan fingerprint density at radius 2 is 2.40 bits per heavy atom. The maximum Gasteiger partial charge on any atom is 0.409 e. The van der Waals surface area contributed by atoms with Crippen molar-refractivity contribution in [2.24, 2.45) is 11.8 Å². The summed E-state index contributed by atoms with van der Waals surface area (Å²) < 4.78 is 28.9. The highest BCUT2D eigenvalue weighted by Crippen LogP contribution is 2.61. The molecule has 3 aliphatic rings. The Morgan fingerprint density at radius 3 is 3.00 bits per heavy atom. The normalized spacial score (nSPS) is 40.8. The van der Waals surface area contributed by atoms with Gasteiger partial charge in [-0.3, -0.25) is 0 Å². The van der Waals surface area contributed by atoms with E-state index in [1.807, 2.05) is 0 Å². The zero-order valence-electron chi connectivity index (χ0n) is 10.7. The number of hydrogen-bond donors (Lipinski definition) is 2. The van der Waals surface area contributed by atoms with E-state index in [2.05, 4.69) is 5.32 Å². The second-order valence-electron chi connectivity index (χ2n) is 5.10. The minimum Gasteiger partial charge on any atom is -0.478 e. The third-order valence-electron chi connectivity index (χ3n) is 4.22. The number of fused-ring (bicyclic) bond motifs is 3. The average molecular weight is 287 g/mol. The minimum atomic E-state index is -1.12. The Kier molecular flexibility index (Phi) is 2.86. The third-order valence-corrected chi connectivity index (χ3v) is 4.22. The molecule has 2 heterocycles. The first kappa shape index (κ1) is 13.2. The zero-order chi connectivity index (χ0) is 14.5.